The Morgan fingerprint density at radius 3 is 1.43 bits per heavy atom. The first-order valence-corrected chi connectivity index (χ1v) is 21.9. The van der Waals surface area contributed by atoms with Crippen LogP contribution in [0.1, 0.15) is 60.0 Å². The van der Waals surface area contributed by atoms with Crippen LogP contribution in [0.25, 0.3) is 22.5 Å². The molecule has 2 aromatic heterocycles. The van der Waals surface area contributed by atoms with E-state index in [4.69, 9.17) is 13.7 Å². The lowest BCUT2D eigenvalue weighted by molar-refractivity contribution is 0.649. The third-order valence-electron chi connectivity index (χ3n) is 5.86. The maximum absolute atomic E-state index is 8.16. The predicted octanol–water partition coefficient (Wildman–Crippen LogP) is 10.5. The molecule has 0 saturated heterocycles. The molecule has 0 spiro atoms. The fraction of sp³-hybridized carbons (Fsp3) is 0.405. The number of aryl methyl sites for hydroxylation is 1. The summed E-state index contributed by atoms with van der Waals surface area (Å²) in [6.07, 6.45) is 4.52. The third kappa shape index (κ3) is 12.5. The highest BCUT2D eigenvalue weighted by Crippen LogP contribution is 2.20. The summed E-state index contributed by atoms with van der Waals surface area (Å²) < 4.78 is 79.0. The number of hydrogen-bond acceptors (Lipinski definition) is 2. The Balaban J connectivity index is 0.000000466. The summed E-state index contributed by atoms with van der Waals surface area (Å²) in [5.41, 5.74) is 3.45. The van der Waals surface area contributed by atoms with Crippen LogP contribution in [0.2, 0.25) is 39.3 Å². The predicted molar refractivity (Wildman–Crippen MR) is 199 cm³/mol. The van der Waals surface area contributed by atoms with E-state index >= 15 is 0 Å². The van der Waals surface area contributed by atoms with Crippen molar-refractivity contribution in [3.05, 3.63) is 96.1 Å². The highest BCUT2D eigenvalue weighted by atomic mass is 79.9. The lowest BCUT2D eigenvalue weighted by atomic mass is 10.0. The first-order chi connectivity index (χ1) is 23.2. The average Bonchev–Trinajstić information content (AvgIpc) is 3.00. The molecule has 4 rings (SSSR count). The second kappa shape index (κ2) is 17.1. The quantitative estimate of drug-likeness (QED) is 0.150. The molecule has 0 saturated carbocycles. The first-order valence-electron chi connectivity index (χ1n) is 19.0. The molecule has 0 unspecified atom stereocenters. The van der Waals surface area contributed by atoms with Crippen LogP contribution >= 0.6 is 15.9 Å². The fourth-order valence-corrected chi connectivity index (χ4v) is 7.45. The SMILES string of the molecule is C.CC(C)Br.[2H]c1c([2H])c([2H])c(-c2cc(C)c([Si](C)(C)C)cn2)c([2H])c1[2H].[2H]c1c([2H])c([2H])c(-c2cc(CC(C)C)c([Si](C)(C)C)cn2)c([2H])c1[2H]. The molecule has 42 heavy (non-hydrogen) atoms. The number of alkyl halides is 1. The van der Waals surface area contributed by atoms with Crippen molar-refractivity contribution in [1.29, 1.82) is 0 Å². The van der Waals surface area contributed by atoms with Gasteiger partial charge in [-0.3, -0.25) is 9.97 Å². The molecule has 0 N–H and O–H groups in total. The third-order valence-corrected chi connectivity index (χ3v) is 10.1. The molecule has 0 atom stereocenters. The topological polar surface area (TPSA) is 25.8 Å². The lowest BCUT2D eigenvalue weighted by Gasteiger charge is -2.22. The lowest BCUT2D eigenvalue weighted by Crippen LogP contribution is -2.40. The van der Waals surface area contributed by atoms with Crippen molar-refractivity contribution < 1.29 is 13.7 Å². The Morgan fingerprint density at radius 1 is 0.690 bits per heavy atom. The van der Waals surface area contributed by atoms with Gasteiger partial charge in [0, 0.05) is 28.3 Å². The molecule has 0 amide bonds. The minimum atomic E-state index is -1.59. The minimum absolute atomic E-state index is 0. The fourth-order valence-electron chi connectivity index (χ4n) is 4.15. The molecular weight excluding hydrogens is 608 g/mol. The van der Waals surface area contributed by atoms with Crippen molar-refractivity contribution in [3.63, 3.8) is 0 Å². The Kier molecular flexibility index (Phi) is 9.77. The summed E-state index contributed by atoms with van der Waals surface area (Å²) in [5.74, 6) is 0.463. The highest BCUT2D eigenvalue weighted by Gasteiger charge is 2.22. The number of halogens is 1. The standard InChI is InChI=1S/C18H25NSi.C15H19NSi.C3H7Br.CH4/c1-14(2)11-16-12-17(15-9-7-6-8-10-15)19-13-18(16)20(3,4)5;1-12-10-14(13-8-6-5-7-9-13)16-11-15(12)17(2,3)4;1-3(2)4;/h6-10,12-14H,11H2,1-5H3;5-11H,1-4H3;3H,1-2H3;1H4/i6D,7D,8D,9D,10D;5D,6D,7D,8D,9D;;. The van der Waals surface area contributed by atoms with E-state index in [9.17, 15) is 0 Å². The van der Waals surface area contributed by atoms with E-state index in [1.165, 1.54) is 15.9 Å². The molecule has 0 aliphatic rings. The van der Waals surface area contributed by atoms with Crippen molar-refractivity contribution >= 4 is 42.5 Å². The van der Waals surface area contributed by atoms with E-state index in [1.807, 2.05) is 25.3 Å². The summed E-state index contributed by atoms with van der Waals surface area (Å²) in [5, 5.41) is 2.47. The number of nitrogens with zero attached hydrogens (tertiary/aromatic N) is 2. The van der Waals surface area contributed by atoms with E-state index < -0.39 is 16.1 Å². The monoisotopic (exact) mass is 672 g/mol. The van der Waals surface area contributed by atoms with Crippen LogP contribution in [0.5, 0.6) is 0 Å². The van der Waals surface area contributed by atoms with Gasteiger partial charge in [0.1, 0.15) is 0 Å². The molecular formula is C37H55BrN2Si2. The van der Waals surface area contributed by atoms with E-state index in [1.54, 1.807) is 6.20 Å². The summed E-state index contributed by atoms with van der Waals surface area (Å²) >= 11 is 3.27. The molecule has 0 radical (unpaired) electrons. The van der Waals surface area contributed by atoms with Crippen LogP contribution in [-0.4, -0.2) is 30.9 Å². The molecule has 2 heterocycles. The van der Waals surface area contributed by atoms with Gasteiger partial charge >= 0.3 is 0 Å². The van der Waals surface area contributed by atoms with E-state index in [0.717, 1.165) is 12.0 Å². The van der Waals surface area contributed by atoms with E-state index in [2.05, 4.69) is 92.9 Å². The summed E-state index contributed by atoms with van der Waals surface area (Å²) in [4.78, 5) is 9.51. The Labute approximate surface area is 282 Å². The van der Waals surface area contributed by atoms with Gasteiger partial charge in [0.05, 0.1) is 41.2 Å². The average molecular weight is 674 g/mol. The zero-order chi connectivity index (χ0) is 39.5. The van der Waals surface area contributed by atoms with Crippen molar-refractivity contribution in [2.24, 2.45) is 5.92 Å². The normalized spacial score (nSPS) is 14.5. The smallest absolute Gasteiger partial charge is 0.0799 e. The molecule has 0 bridgehead atoms. The van der Waals surface area contributed by atoms with Crippen LogP contribution < -0.4 is 10.4 Å². The van der Waals surface area contributed by atoms with Crippen LogP contribution in [0.3, 0.4) is 0 Å². The largest absolute Gasteiger partial charge is 0.256 e. The molecule has 2 aromatic carbocycles. The van der Waals surface area contributed by atoms with Gasteiger partial charge in [-0.2, -0.15) is 0 Å². The summed E-state index contributed by atoms with van der Waals surface area (Å²) in [6.45, 7) is 23.9. The minimum Gasteiger partial charge on any atom is -0.256 e. The Bertz CT molecular complexity index is 1830. The second-order valence-corrected chi connectivity index (χ2v) is 24.6. The zero-order valence-electron chi connectivity index (χ0n) is 36.4. The first kappa shape index (κ1) is 24.0. The number of pyridine rings is 2. The van der Waals surface area contributed by atoms with Gasteiger partial charge in [-0.05, 0) is 52.9 Å². The summed E-state index contributed by atoms with van der Waals surface area (Å²) in [6, 6.07) is 0.864. The van der Waals surface area contributed by atoms with Crippen molar-refractivity contribution in [2.45, 2.75) is 92.6 Å². The van der Waals surface area contributed by atoms with Crippen LogP contribution in [0, 0.1) is 12.8 Å². The number of rotatable bonds is 6. The van der Waals surface area contributed by atoms with Gasteiger partial charge < -0.3 is 0 Å². The van der Waals surface area contributed by atoms with Gasteiger partial charge in [0.25, 0.3) is 0 Å². The van der Waals surface area contributed by atoms with E-state index in [0.29, 0.717) is 22.1 Å². The molecule has 4 aromatic rings. The van der Waals surface area contributed by atoms with Crippen molar-refractivity contribution in [2.75, 3.05) is 0 Å². The van der Waals surface area contributed by atoms with Crippen molar-refractivity contribution in [3.8, 4) is 22.5 Å². The van der Waals surface area contributed by atoms with Gasteiger partial charge in [0.15, 0.2) is 0 Å². The Hall–Kier alpha value is -2.35. The maximum atomic E-state index is 8.16. The molecule has 228 valence electrons. The van der Waals surface area contributed by atoms with E-state index in [-0.39, 0.29) is 79.0 Å². The molecule has 5 heteroatoms. The van der Waals surface area contributed by atoms with Crippen LogP contribution in [-0.2, 0) is 6.42 Å². The molecule has 0 fully saturated rings. The summed E-state index contributed by atoms with van der Waals surface area (Å²) in [7, 11) is -3.11. The van der Waals surface area contributed by atoms with Gasteiger partial charge in [-0.15, -0.1) is 0 Å². The molecule has 0 aliphatic heterocycles. The van der Waals surface area contributed by atoms with Crippen LogP contribution in [0.4, 0.5) is 0 Å². The zero-order valence-corrected chi connectivity index (χ0v) is 30.0. The second-order valence-electron chi connectivity index (χ2n) is 12.7. The number of aromatic nitrogens is 2. The molecule has 2 nitrogen and oxygen atoms in total. The maximum Gasteiger partial charge on any atom is 0.0799 e. The number of benzene rings is 2. The van der Waals surface area contributed by atoms with Gasteiger partial charge in [-0.1, -0.05) is 151 Å². The highest BCUT2D eigenvalue weighted by molar-refractivity contribution is 9.09. The van der Waals surface area contributed by atoms with Crippen molar-refractivity contribution in [1.82, 2.24) is 9.97 Å². The number of hydrogen-bond donors (Lipinski definition) is 0. The van der Waals surface area contributed by atoms with Crippen LogP contribution in [0.15, 0.2) is 85.0 Å². The Morgan fingerprint density at radius 2 is 1.07 bits per heavy atom. The molecule has 0 aliphatic carbocycles. The van der Waals surface area contributed by atoms with Gasteiger partial charge in [0.2, 0.25) is 0 Å². The van der Waals surface area contributed by atoms with Gasteiger partial charge in [-0.25, -0.2) is 0 Å².